The summed E-state index contributed by atoms with van der Waals surface area (Å²) < 4.78 is 1.38. The van der Waals surface area contributed by atoms with E-state index in [0.717, 1.165) is 0 Å². The van der Waals surface area contributed by atoms with E-state index in [0.29, 0.717) is 12.1 Å². The monoisotopic (exact) mass is 169 g/mol. The van der Waals surface area contributed by atoms with E-state index < -0.39 is 4.92 Å². The minimum absolute atomic E-state index is 0.00231. The molecule has 0 aromatic carbocycles. The number of hydrogen-bond donors (Lipinski definition) is 0. The average Bonchev–Trinajstić information content (AvgIpc) is 2.29. The largest absolute Gasteiger partial charge is 0.392 e. The number of aldehydes is 1. The number of nitrogens with zero attached hydrogens (tertiary/aromatic N) is 3. The molecule has 64 valence electrons. The van der Waals surface area contributed by atoms with Crippen LogP contribution in [0.3, 0.4) is 0 Å². The summed E-state index contributed by atoms with van der Waals surface area (Å²) in [5.41, 5.74) is -0.00231. The lowest BCUT2D eigenvalue weighted by Gasteiger charge is -1.91. The van der Waals surface area contributed by atoms with Crippen molar-refractivity contribution in [1.29, 1.82) is 0 Å². The number of nitro groups is 1. The molecule has 0 saturated carbocycles. The van der Waals surface area contributed by atoms with Crippen LogP contribution in [0.25, 0.3) is 0 Å². The molecule has 12 heavy (non-hydrogen) atoms. The summed E-state index contributed by atoms with van der Waals surface area (Å²) in [5, 5.41) is 10.3. The van der Waals surface area contributed by atoms with Gasteiger partial charge in [-0.25, -0.2) is 0 Å². The summed E-state index contributed by atoms with van der Waals surface area (Å²) in [7, 11) is 1.55. The minimum atomic E-state index is -0.670. The zero-order valence-corrected chi connectivity index (χ0v) is 6.64. The van der Waals surface area contributed by atoms with Crippen molar-refractivity contribution in [2.75, 3.05) is 0 Å². The lowest BCUT2D eigenvalue weighted by atomic mass is 10.5. The van der Waals surface area contributed by atoms with E-state index in [1.807, 2.05) is 0 Å². The van der Waals surface area contributed by atoms with Gasteiger partial charge in [0.1, 0.15) is 0 Å². The van der Waals surface area contributed by atoms with Gasteiger partial charge in [-0.1, -0.05) is 0 Å². The van der Waals surface area contributed by atoms with E-state index in [1.165, 1.54) is 4.57 Å². The summed E-state index contributed by atoms with van der Waals surface area (Å²) in [4.78, 5) is 23.7. The third-order valence-corrected chi connectivity index (χ3v) is 1.63. The fraction of sp³-hybridized carbons (Fsp3) is 0.333. The van der Waals surface area contributed by atoms with Gasteiger partial charge in [-0.15, -0.1) is 0 Å². The van der Waals surface area contributed by atoms with Gasteiger partial charge in [0.05, 0.1) is 0 Å². The maximum Gasteiger partial charge on any atom is 0.392 e. The molecule has 0 fully saturated rings. The molecule has 0 unspecified atom stereocenters. The first-order valence-corrected chi connectivity index (χ1v) is 3.20. The highest BCUT2D eigenvalue weighted by Gasteiger charge is 2.22. The number of carbonyl (C=O) groups is 1. The highest BCUT2D eigenvalue weighted by atomic mass is 16.6. The van der Waals surface area contributed by atoms with Crippen LogP contribution in [0.15, 0.2) is 0 Å². The van der Waals surface area contributed by atoms with Gasteiger partial charge in [-0.05, 0) is 9.91 Å². The summed E-state index contributed by atoms with van der Waals surface area (Å²) in [5.74, 6) is 0.0637. The van der Waals surface area contributed by atoms with Crippen LogP contribution in [0.2, 0.25) is 0 Å². The van der Waals surface area contributed by atoms with Crippen LogP contribution in [0, 0.1) is 17.0 Å². The van der Waals surface area contributed by atoms with E-state index in [1.54, 1.807) is 14.0 Å². The average molecular weight is 169 g/mol. The molecule has 1 aromatic rings. The van der Waals surface area contributed by atoms with Crippen molar-refractivity contribution in [3.63, 3.8) is 0 Å². The van der Waals surface area contributed by atoms with E-state index >= 15 is 0 Å². The number of aromatic nitrogens is 2. The van der Waals surface area contributed by atoms with Gasteiger partial charge >= 0.3 is 5.82 Å². The number of carbonyl (C=O) groups excluding carboxylic acids is 1. The number of hydrogen-bond acceptors (Lipinski definition) is 4. The Morgan fingerprint density at radius 1 is 1.67 bits per heavy atom. The van der Waals surface area contributed by atoms with Gasteiger partial charge in [0.2, 0.25) is 5.82 Å². The minimum Gasteiger partial charge on any atom is -0.358 e. The predicted molar refractivity (Wildman–Crippen MR) is 40.0 cm³/mol. The van der Waals surface area contributed by atoms with Gasteiger partial charge in [0, 0.05) is 14.0 Å². The van der Waals surface area contributed by atoms with Crippen LogP contribution in [0.1, 0.15) is 16.3 Å². The molecule has 0 spiro atoms. The summed E-state index contributed by atoms with van der Waals surface area (Å²) in [6, 6.07) is 0. The van der Waals surface area contributed by atoms with E-state index in [2.05, 4.69) is 4.98 Å². The number of imidazole rings is 1. The van der Waals surface area contributed by atoms with Crippen molar-refractivity contribution in [1.82, 2.24) is 9.55 Å². The van der Waals surface area contributed by atoms with Crippen molar-refractivity contribution in [2.45, 2.75) is 6.92 Å². The Morgan fingerprint density at radius 2 is 2.25 bits per heavy atom. The second kappa shape index (κ2) is 2.72. The van der Waals surface area contributed by atoms with Crippen molar-refractivity contribution < 1.29 is 9.72 Å². The smallest absolute Gasteiger partial charge is 0.358 e. The number of rotatable bonds is 2. The van der Waals surface area contributed by atoms with Crippen LogP contribution >= 0.6 is 0 Å². The van der Waals surface area contributed by atoms with Gasteiger partial charge in [-0.3, -0.25) is 4.79 Å². The van der Waals surface area contributed by atoms with Gasteiger partial charge in [0.25, 0.3) is 0 Å². The topological polar surface area (TPSA) is 78.0 Å². The lowest BCUT2D eigenvalue weighted by molar-refractivity contribution is -0.389. The maximum absolute atomic E-state index is 10.4. The Morgan fingerprint density at radius 3 is 2.58 bits per heavy atom. The zero-order valence-electron chi connectivity index (χ0n) is 6.64. The van der Waals surface area contributed by atoms with Gasteiger partial charge < -0.3 is 14.7 Å². The van der Waals surface area contributed by atoms with Crippen LogP contribution < -0.4 is 0 Å². The van der Waals surface area contributed by atoms with Crippen LogP contribution in [-0.2, 0) is 7.05 Å². The van der Waals surface area contributed by atoms with Crippen molar-refractivity contribution in [3.8, 4) is 0 Å². The van der Waals surface area contributed by atoms with E-state index in [4.69, 9.17) is 0 Å². The molecule has 0 aliphatic heterocycles. The van der Waals surface area contributed by atoms with Crippen LogP contribution in [-0.4, -0.2) is 20.8 Å². The Bertz CT molecular complexity index is 342. The molecule has 0 amide bonds. The van der Waals surface area contributed by atoms with Gasteiger partial charge in [0.15, 0.2) is 12.0 Å². The normalized spacial score (nSPS) is 9.83. The molecule has 6 heteroatoms. The highest BCUT2D eigenvalue weighted by molar-refractivity contribution is 5.77. The molecule has 0 radical (unpaired) electrons. The van der Waals surface area contributed by atoms with Gasteiger partial charge in [-0.2, -0.15) is 0 Å². The molecule has 6 nitrogen and oxygen atoms in total. The molecule has 0 N–H and O–H groups in total. The van der Waals surface area contributed by atoms with Crippen molar-refractivity contribution in [2.24, 2.45) is 7.05 Å². The second-order valence-corrected chi connectivity index (χ2v) is 2.30. The quantitative estimate of drug-likeness (QED) is 0.365. The second-order valence-electron chi connectivity index (χ2n) is 2.30. The third-order valence-electron chi connectivity index (χ3n) is 1.63. The fourth-order valence-electron chi connectivity index (χ4n) is 0.876. The van der Waals surface area contributed by atoms with Crippen LogP contribution in [0.4, 0.5) is 5.82 Å². The SMILES string of the molecule is Cc1nc([N+](=O)[O-])c(C=O)n1C. The summed E-state index contributed by atoms with van der Waals surface area (Å²) in [6.07, 6.45) is 0.429. The molecule has 0 bridgehead atoms. The van der Waals surface area contributed by atoms with E-state index in [9.17, 15) is 14.9 Å². The Labute approximate surface area is 68.0 Å². The molecule has 0 aliphatic carbocycles. The molecule has 1 aromatic heterocycles. The lowest BCUT2D eigenvalue weighted by Crippen LogP contribution is -1.98. The molecular formula is C6H7N3O3. The Hall–Kier alpha value is -1.72. The summed E-state index contributed by atoms with van der Waals surface area (Å²) in [6.45, 7) is 1.60. The third kappa shape index (κ3) is 1.07. The zero-order chi connectivity index (χ0) is 9.30. The molecule has 0 saturated heterocycles. The standard InChI is InChI=1S/C6H7N3O3/c1-4-7-6(9(11)12)5(3-10)8(4)2/h3H,1-2H3. The Kier molecular flexibility index (Phi) is 1.90. The Balaban J connectivity index is 3.39. The first kappa shape index (κ1) is 8.38. The maximum atomic E-state index is 10.4. The van der Waals surface area contributed by atoms with E-state index in [-0.39, 0.29) is 11.5 Å². The molecule has 1 rings (SSSR count). The summed E-state index contributed by atoms with van der Waals surface area (Å²) >= 11 is 0. The molecular weight excluding hydrogens is 162 g/mol. The number of aryl methyl sites for hydroxylation is 1. The molecule has 1 heterocycles. The first-order chi connectivity index (χ1) is 5.57. The fourth-order valence-corrected chi connectivity index (χ4v) is 0.876. The van der Waals surface area contributed by atoms with Crippen molar-refractivity contribution in [3.05, 3.63) is 21.6 Å². The predicted octanol–water partition coefficient (Wildman–Crippen LogP) is 0.449. The molecule has 0 atom stereocenters. The highest BCUT2D eigenvalue weighted by Crippen LogP contribution is 2.15. The van der Waals surface area contributed by atoms with Crippen LogP contribution in [0.5, 0.6) is 0 Å². The first-order valence-electron chi connectivity index (χ1n) is 3.20. The molecule has 0 aliphatic rings. The van der Waals surface area contributed by atoms with Crippen molar-refractivity contribution >= 4 is 12.1 Å².